The van der Waals surface area contributed by atoms with E-state index in [1.165, 1.54) is 30.6 Å². The first-order valence-electron chi connectivity index (χ1n) is 7.75. The molecule has 25 heavy (non-hydrogen) atoms. The van der Waals surface area contributed by atoms with E-state index in [1.54, 1.807) is 17.0 Å². The Bertz CT molecular complexity index is 712. The van der Waals surface area contributed by atoms with Crippen LogP contribution in [0.2, 0.25) is 0 Å². The van der Waals surface area contributed by atoms with E-state index in [4.69, 9.17) is 4.74 Å². The van der Waals surface area contributed by atoms with Gasteiger partial charge in [0.15, 0.2) is 0 Å². The maximum atomic E-state index is 12.6. The molecule has 10 heteroatoms. The van der Waals surface area contributed by atoms with Crippen molar-refractivity contribution in [1.82, 2.24) is 19.8 Å². The smallest absolute Gasteiger partial charge is 0.321 e. The van der Waals surface area contributed by atoms with Gasteiger partial charge in [-0.3, -0.25) is 15.0 Å². The molecule has 0 aliphatic carbocycles. The molecule has 0 radical (unpaired) electrons. The highest BCUT2D eigenvalue weighted by Gasteiger charge is 2.29. The zero-order valence-electron chi connectivity index (χ0n) is 14.2. The standard InChI is InChI=1S/C15H22N4O5S/c1-16-15(21)17-14(20)11-18-7-9-19(10-8-18)25(22,23)13-5-3-12(24-2)4-6-13/h3-6H,7-11H2,1-2H3,(H2,16,17,20,21). The van der Waals surface area contributed by atoms with Gasteiger partial charge in [-0.05, 0) is 24.3 Å². The molecule has 1 heterocycles. The van der Waals surface area contributed by atoms with Crippen LogP contribution in [0.4, 0.5) is 4.79 Å². The Morgan fingerprint density at radius 3 is 2.24 bits per heavy atom. The lowest BCUT2D eigenvalue weighted by atomic mass is 10.3. The number of piperazine rings is 1. The number of methoxy groups -OCH3 is 1. The molecule has 0 atom stereocenters. The number of urea groups is 1. The number of carbonyl (C=O) groups excluding carboxylic acids is 2. The number of nitrogens with zero attached hydrogens (tertiary/aromatic N) is 2. The third-order valence-electron chi connectivity index (χ3n) is 3.88. The molecule has 3 amide bonds. The summed E-state index contributed by atoms with van der Waals surface area (Å²) in [5, 5.41) is 4.48. The van der Waals surface area contributed by atoms with Gasteiger partial charge in [0, 0.05) is 33.2 Å². The molecular weight excluding hydrogens is 348 g/mol. The Balaban J connectivity index is 1.92. The van der Waals surface area contributed by atoms with Gasteiger partial charge in [-0.15, -0.1) is 0 Å². The summed E-state index contributed by atoms with van der Waals surface area (Å²) in [6.07, 6.45) is 0. The molecule has 0 aromatic heterocycles. The van der Waals surface area contributed by atoms with Gasteiger partial charge < -0.3 is 10.1 Å². The van der Waals surface area contributed by atoms with Crippen LogP contribution >= 0.6 is 0 Å². The molecule has 138 valence electrons. The van der Waals surface area contributed by atoms with E-state index in [9.17, 15) is 18.0 Å². The number of sulfonamides is 1. The minimum absolute atomic E-state index is 0.0455. The third kappa shape index (κ3) is 4.91. The molecular formula is C15H22N4O5S. The van der Waals surface area contributed by atoms with Crippen LogP contribution < -0.4 is 15.4 Å². The highest BCUT2D eigenvalue weighted by Crippen LogP contribution is 2.20. The van der Waals surface area contributed by atoms with E-state index in [-0.39, 0.29) is 24.5 Å². The lowest BCUT2D eigenvalue weighted by molar-refractivity contribution is -0.121. The van der Waals surface area contributed by atoms with Crippen molar-refractivity contribution in [2.24, 2.45) is 0 Å². The zero-order chi connectivity index (χ0) is 18.4. The molecule has 1 aliphatic rings. The summed E-state index contributed by atoms with van der Waals surface area (Å²) in [4.78, 5) is 24.8. The summed E-state index contributed by atoms with van der Waals surface area (Å²) in [6.45, 7) is 1.43. The fourth-order valence-corrected chi connectivity index (χ4v) is 3.88. The number of ether oxygens (including phenoxy) is 1. The predicted molar refractivity (Wildman–Crippen MR) is 90.8 cm³/mol. The van der Waals surface area contributed by atoms with E-state index in [0.29, 0.717) is 18.8 Å². The van der Waals surface area contributed by atoms with E-state index in [2.05, 4.69) is 10.6 Å². The van der Waals surface area contributed by atoms with E-state index in [0.717, 1.165) is 0 Å². The largest absolute Gasteiger partial charge is 0.497 e. The minimum atomic E-state index is -3.58. The number of nitrogens with one attached hydrogen (secondary N) is 2. The van der Waals surface area contributed by atoms with Crippen LogP contribution in [0.3, 0.4) is 0 Å². The van der Waals surface area contributed by atoms with Crippen LogP contribution in [0.5, 0.6) is 5.75 Å². The molecule has 1 aliphatic heterocycles. The normalized spacial score (nSPS) is 16.2. The van der Waals surface area contributed by atoms with Gasteiger partial charge in [0.25, 0.3) is 0 Å². The van der Waals surface area contributed by atoms with Crippen LogP contribution in [-0.2, 0) is 14.8 Å². The second-order valence-electron chi connectivity index (χ2n) is 5.48. The van der Waals surface area contributed by atoms with Crippen molar-refractivity contribution < 1.29 is 22.7 Å². The number of carbonyl (C=O) groups is 2. The van der Waals surface area contributed by atoms with Crippen molar-refractivity contribution in [1.29, 1.82) is 0 Å². The molecule has 0 bridgehead atoms. The first-order chi connectivity index (χ1) is 11.9. The van der Waals surface area contributed by atoms with Gasteiger partial charge in [0.2, 0.25) is 15.9 Å². The number of imide groups is 1. The van der Waals surface area contributed by atoms with Crippen molar-refractivity contribution in [3.8, 4) is 5.75 Å². The van der Waals surface area contributed by atoms with Crippen molar-refractivity contribution in [3.63, 3.8) is 0 Å². The predicted octanol–water partition coefficient (Wildman–Crippen LogP) is -0.543. The summed E-state index contributed by atoms with van der Waals surface area (Å²) in [6, 6.07) is 5.67. The van der Waals surface area contributed by atoms with Crippen LogP contribution in [0, 0.1) is 0 Å². The van der Waals surface area contributed by atoms with Gasteiger partial charge in [-0.1, -0.05) is 0 Å². The van der Waals surface area contributed by atoms with Gasteiger partial charge in [0.1, 0.15) is 5.75 Å². The summed E-state index contributed by atoms with van der Waals surface area (Å²) in [5.74, 6) is 0.164. The van der Waals surface area contributed by atoms with Crippen LogP contribution in [0.25, 0.3) is 0 Å². The topological polar surface area (TPSA) is 108 Å². The number of amides is 3. The second-order valence-corrected chi connectivity index (χ2v) is 7.42. The van der Waals surface area contributed by atoms with Crippen LogP contribution in [0.15, 0.2) is 29.2 Å². The first kappa shape index (κ1) is 19.2. The van der Waals surface area contributed by atoms with Gasteiger partial charge >= 0.3 is 6.03 Å². The van der Waals surface area contributed by atoms with Gasteiger partial charge in [-0.2, -0.15) is 4.31 Å². The molecule has 0 unspecified atom stereocenters. The Morgan fingerprint density at radius 1 is 1.12 bits per heavy atom. The quantitative estimate of drug-likeness (QED) is 0.721. The number of rotatable bonds is 5. The number of hydrogen-bond acceptors (Lipinski definition) is 6. The zero-order valence-corrected chi connectivity index (χ0v) is 15.0. The maximum Gasteiger partial charge on any atom is 0.321 e. The van der Waals surface area contributed by atoms with Gasteiger partial charge in [0.05, 0.1) is 18.6 Å². The van der Waals surface area contributed by atoms with Gasteiger partial charge in [-0.25, -0.2) is 13.2 Å². The highest BCUT2D eigenvalue weighted by molar-refractivity contribution is 7.89. The van der Waals surface area contributed by atoms with Crippen molar-refractivity contribution >= 4 is 22.0 Å². The molecule has 1 saturated heterocycles. The molecule has 1 aromatic carbocycles. The molecule has 2 N–H and O–H groups in total. The Hall–Kier alpha value is -2.17. The first-order valence-corrected chi connectivity index (χ1v) is 9.19. The minimum Gasteiger partial charge on any atom is -0.497 e. The molecule has 1 fully saturated rings. The van der Waals surface area contributed by atoms with Crippen molar-refractivity contribution in [2.45, 2.75) is 4.90 Å². The Morgan fingerprint density at radius 2 is 1.72 bits per heavy atom. The molecule has 2 rings (SSSR count). The maximum absolute atomic E-state index is 12.6. The summed E-state index contributed by atoms with van der Waals surface area (Å²) in [7, 11) is -0.637. The Labute approximate surface area is 147 Å². The molecule has 0 spiro atoms. The highest BCUT2D eigenvalue weighted by atomic mass is 32.2. The summed E-state index contributed by atoms with van der Waals surface area (Å²) >= 11 is 0. The average Bonchev–Trinajstić information content (AvgIpc) is 2.62. The van der Waals surface area contributed by atoms with Crippen molar-refractivity contribution in [3.05, 3.63) is 24.3 Å². The van der Waals surface area contributed by atoms with Crippen LogP contribution in [-0.4, -0.2) is 76.4 Å². The Kier molecular flexibility index (Phi) is 6.34. The van der Waals surface area contributed by atoms with E-state index < -0.39 is 22.0 Å². The molecule has 9 nitrogen and oxygen atoms in total. The fraction of sp³-hybridized carbons (Fsp3) is 0.467. The fourth-order valence-electron chi connectivity index (χ4n) is 2.46. The number of hydrogen-bond donors (Lipinski definition) is 2. The van der Waals surface area contributed by atoms with Crippen LogP contribution in [0.1, 0.15) is 0 Å². The number of benzene rings is 1. The SMILES string of the molecule is CNC(=O)NC(=O)CN1CCN(S(=O)(=O)c2ccc(OC)cc2)CC1. The lowest BCUT2D eigenvalue weighted by Crippen LogP contribution is -2.52. The average molecular weight is 370 g/mol. The van der Waals surface area contributed by atoms with E-state index >= 15 is 0 Å². The molecule has 1 aromatic rings. The third-order valence-corrected chi connectivity index (χ3v) is 5.79. The monoisotopic (exact) mass is 370 g/mol. The lowest BCUT2D eigenvalue weighted by Gasteiger charge is -2.33. The summed E-state index contributed by atoms with van der Waals surface area (Å²) < 4.78 is 31.7. The summed E-state index contributed by atoms with van der Waals surface area (Å²) in [5.41, 5.74) is 0. The van der Waals surface area contributed by atoms with Crippen molar-refractivity contribution in [2.75, 3.05) is 46.9 Å². The molecule has 0 saturated carbocycles. The van der Waals surface area contributed by atoms with E-state index in [1.807, 2.05) is 0 Å². The second kappa shape index (κ2) is 8.28.